The molecule has 0 unspecified atom stereocenters. The van der Waals surface area contributed by atoms with Gasteiger partial charge in [-0.25, -0.2) is 9.98 Å². The molecule has 0 saturated carbocycles. The van der Waals surface area contributed by atoms with Gasteiger partial charge in [0.2, 0.25) is 5.55 Å². The van der Waals surface area contributed by atoms with Gasteiger partial charge in [0, 0.05) is 11.1 Å². The van der Waals surface area contributed by atoms with Gasteiger partial charge in [0.15, 0.2) is 0 Å². The Morgan fingerprint density at radius 1 is 1.10 bits per heavy atom. The second-order valence-electron chi connectivity index (χ2n) is 6.55. The third-order valence-corrected chi connectivity index (χ3v) is 4.69. The van der Waals surface area contributed by atoms with Gasteiger partial charge in [0.1, 0.15) is 22.7 Å². The molecule has 0 aliphatic carbocycles. The van der Waals surface area contributed by atoms with Crippen molar-refractivity contribution in [3.05, 3.63) is 88.6 Å². The summed E-state index contributed by atoms with van der Waals surface area (Å²) in [5, 5.41) is 4.00. The first kappa shape index (κ1) is 19.7. The zero-order valence-corrected chi connectivity index (χ0v) is 17.1. The Balaban J connectivity index is 1.83. The van der Waals surface area contributed by atoms with E-state index in [0.29, 0.717) is 27.9 Å². The van der Waals surface area contributed by atoms with Crippen LogP contribution in [0.25, 0.3) is 11.0 Å². The summed E-state index contributed by atoms with van der Waals surface area (Å²) < 4.78 is 11.1. The van der Waals surface area contributed by atoms with Crippen molar-refractivity contribution in [2.24, 2.45) is 4.99 Å². The van der Waals surface area contributed by atoms with Crippen molar-refractivity contribution in [2.75, 3.05) is 12.4 Å². The largest absolute Gasteiger partial charge is 0.495 e. The van der Waals surface area contributed by atoms with Crippen LogP contribution >= 0.6 is 11.6 Å². The molecule has 2 aromatic carbocycles. The summed E-state index contributed by atoms with van der Waals surface area (Å²) >= 11 is 6.21. The SMILES string of the molecule is COc1ccc(N=c2oc3ccccc3cc2C(=O)Nc2cccc(C)n2)cc1Cl. The maximum atomic E-state index is 13.0. The van der Waals surface area contributed by atoms with Gasteiger partial charge in [-0.1, -0.05) is 35.9 Å². The molecule has 0 radical (unpaired) electrons. The predicted octanol–water partition coefficient (Wildman–Crippen LogP) is 5.28. The summed E-state index contributed by atoms with van der Waals surface area (Å²) in [5.74, 6) is 0.613. The number of aryl methyl sites for hydroxylation is 1. The average Bonchev–Trinajstić information content (AvgIpc) is 2.73. The molecule has 0 aliphatic heterocycles. The molecule has 0 spiro atoms. The van der Waals surface area contributed by atoms with E-state index in [1.807, 2.05) is 43.3 Å². The van der Waals surface area contributed by atoms with Gasteiger partial charge in [-0.05, 0) is 49.4 Å². The standard InChI is InChI=1S/C23H18ClN3O3/c1-14-6-5-9-21(25-14)27-22(28)17-12-15-7-3-4-8-19(15)30-23(17)26-16-10-11-20(29-2)18(24)13-16/h3-13H,1-2H3,(H,25,27,28). The Kier molecular flexibility index (Phi) is 5.50. The first-order valence-corrected chi connectivity index (χ1v) is 9.57. The number of hydrogen-bond acceptors (Lipinski definition) is 5. The van der Waals surface area contributed by atoms with E-state index in [-0.39, 0.29) is 17.0 Å². The molecule has 30 heavy (non-hydrogen) atoms. The molecule has 1 N–H and O–H groups in total. The summed E-state index contributed by atoms with van der Waals surface area (Å²) in [5.41, 5.74) is 2.39. The highest BCUT2D eigenvalue weighted by molar-refractivity contribution is 6.32. The molecular formula is C23H18ClN3O3. The van der Waals surface area contributed by atoms with Crippen LogP contribution in [0.3, 0.4) is 0 Å². The molecule has 7 heteroatoms. The van der Waals surface area contributed by atoms with E-state index < -0.39 is 0 Å². The first-order chi connectivity index (χ1) is 14.5. The number of carbonyl (C=O) groups excluding carboxylic acids is 1. The molecule has 6 nitrogen and oxygen atoms in total. The predicted molar refractivity (Wildman–Crippen MR) is 116 cm³/mol. The Labute approximate surface area is 177 Å². The van der Waals surface area contributed by atoms with Gasteiger partial charge in [-0.15, -0.1) is 0 Å². The fourth-order valence-corrected chi connectivity index (χ4v) is 3.21. The topological polar surface area (TPSA) is 76.7 Å². The number of rotatable bonds is 4. The minimum Gasteiger partial charge on any atom is -0.495 e. The van der Waals surface area contributed by atoms with E-state index in [0.717, 1.165) is 11.1 Å². The highest BCUT2D eigenvalue weighted by Crippen LogP contribution is 2.28. The second-order valence-corrected chi connectivity index (χ2v) is 6.96. The number of benzene rings is 2. The summed E-state index contributed by atoms with van der Waals surface area (Å²) in [6, 6.07) is 19.7. The van der Waals surface area contributed by atoms with Crippen molar-refractivity contribution in [3.8, 4) is 5.75 Å². The fourth-order valence-electron chi connectivity index (χ4n) is 2.95. The molecule has 0 bridgehead atoms. The van der Waals surface area contributed by atoms with Gasteiger partial charge in [0.05, 0.1) is 17.8 Å². The number of nitrogens with zero attached hydrogens (tertiary/aromatic N) is 2. The lowest BCUT2D eigenvalue weighted by Gasteiger charge is -2.07. The van der Waals surface area contributed by atoms with E-state index in [2.05, 4.69) is 15.3 Å². The van der Waals surface area contributed by atoms with Gasteiger partial charge in [-0.3, -0.25) is 4.79 Å². The maximum Gasteiger partial charge on any atom is 0.262 e. The minimum absolute atomic E-state index is 0.167. The van der Waals surface area contributed by atoms with Crippen LogP contribution in [0.15, 0.2) is 76.1 Å². The Hall–Kier alpha value is -3.64. The molecule has 0 atom stereocenters. The monoisotopic (exact) mass is 419 g/mol. The molecular weight excluding hydrogens is 402 g/mol. The zero-order chi connectivity index (χ0) is 21.1. The molecule has 0 saturated heterocycles. The number of carbonyl (C=O) groups is 1. The van der Waals surface area contributed by atoms with Crippen LogP contribution in [-0.4, -0.2) is 18.0 Å². The number of amides is 1. The summed E-state index contributed by atoms with van der Waals surface area (Å²) in [6.07, 6.45) is 0. The summed E-state index contributed by atoms with van der Waals surface area (Å²) in [4.78, 5) is 21.9. The summed E-state index contributed by atoms with van der Waals surface area (Å²) in [7, 11) is 1.54. The Morgan fingerprint density at radius 3 is 2.70 bits per heavy atom. The fraction of sp³-hybridized carbons (Fsp3) is 0.0870. The van der Waals surface area contributed by atoms with Crippen LogP contribution in [0, 0.1) is 6.92 Å². The number of methoxy groups -OCH3 is 1. The molecule has 4 rings (SSSR count). The van der Waals surface area contributed by atoms with Crippen LogP contribution < -0.4 is 15.6 Å². The van der Waals surface area contributed by atoms with Crippen LogP contribution in [0.5, 0.6) is 5.75 Å². The van der Waals surface area contributed by atoms with Crippen LogP contribution in [-0.2, 0) is 0 Å². The molecule has 0 fully saturated rings. The molecule has 2 aromatic heterocycles. The normalized spacial score (nSPS) is 11.5. The van der Waals surface area contributed by atoms with Crippen molar-refractivity contribution in [1.29, 1.82) is 0 Å². The van der Waals surface area contributed by atoms with E-state index >= 15 is 0 Å². The average molecular weight is 420 g/mol. The highest BCUT2D eigenvalue weighted by atomic mass is 35.5. The van der Waals surface area contributed by atoms with Crippen molar-refractivity contribution in [3.63, 3.8) is 0 Å². The van der Waals surface area contributed by atoms with Crippen molar-refractivity contribution < 1.29 is 13.9 Å². The lowest BCUT2D eigenvalue weighted by molar-refractivity contribution is 0.102. The van der Waals surface area contributed by atoms with Gasteiger partial charge in [-0.2, -0.15) is 0 Å². The number of hydrogen-bond donors (Lipinski definition) is 1. The van der Waals surface area contributed by atoms with Crippen LogP contribution in [0.2, 0.25) is 5.02 Å². The highest BCUT2D eigenvalue weighted by Gasteiger charge is 2.14. The number of nitrogens with one attached hydrogen (secondary N) is 1. The summed E-state index contributed by atoms with van der Waals surface area (Å²) in [6.45, 7) is 1.86. The van der Waals surface area contributed by atoms with Crippen molar-refractivity contribution in [2.45, 2.75) is 6.92 Å². The van der Waals surface area contributed by atoms with E-state index in [4.69, 9.17) is 20.8 Å². The smallest absolute Gasteiger partial charge is 0.262 e. The van der Waals surface area contributed by atoms with Gasteiger partial charge in [0.25, 0.3) is 5.91 Å². The number of aromatic nitrogens is 1. The Morgan fingerprint density at radius 2 is 1.93 bits per heavy atom. The zero-order valence-electron chi connectivity index (χ0n) is 16.3. The number of ether oxygens (including phenoxy) is 1. The number of anilines is 1. The van der Waals surface area contributed by atoms with E-state index in [1.165, 1.54) is 0 Å². The van der Waals surface area contributed by atoms with E-state index in [9.17, 15) is 4.79 Å². The molecule has 150 valence electrons. The number of fused-ring (bicyclic) bond motifs is 1. The number of pyridine rings is 1. The Bertz CT molecular complexity index is 1310. The van der Waals surface area contributed by atoms with E-state index in [1.54, 1.807) is 37.4 Å². The van der Waals surface area contributed by atoms with Crippen molar-refractivity contribution >= 4 is 40.0 Å². The molecule has 2 heterocycles. The van der Waals surface area contributed by atoms with Crippen LogP contribution in [0.4, 0.5) is 11.5 Å². The first-order valence-electron chi connectivity index (χ1n) is 9.19. The quantitative estimate of drug-likeness (QED) is 0.488. The lowest BCUT2D eigenvalue weighted by Crippen LogP contribution is -2.22. The molecule has 1 amide bonds. The lowest BCUT2D eigenvalue weighted by atomic mass is 10.1. The number of halogens is 1. The van der Waals surface area contributed by atoms with Gasteiger partial charge < -0.3 is 14.5 Å². The molecule has 4 aromatic rings. The maximum absolute atomic E-state index is 13.0. The number of para-hydroxylation sites is 1. The third-order valence-electron chi connectivity index (χ3n) is 4.40. The van der Waals surface area contributed by atoms with Crippen LogP contribution in [0.1, 0.15) is 16.1 Å². The third kappa shape index (κ3) is 4.18. The van der Waals surface area contributed by atoms with Gasteiger partial charge >= 0.3 is 0 Å². The second kappa shape index (κ2) is 8.39. The minimum atomic E-state index is -0.374. The molecule has 0 aliphatic rings. The van der Waals surface area contributed by atoms with Crippen molar-refractivity contribution in [1.82, 2.24) is 4.98 Å².